The highest BCUT2D eigenvalue weighted by molar-refractivity contribution is 5.36. The molecule has 0 aromatic heterocycles. The molecule has 2 nitrogen and oxygen atoms in total. The van der Waals surface area contributed by atoms with Crippen LogP contribution in [-0.4, -0.2) is 11.2 Å². The van der Waals surface area contributed by atoms with Gasteiger partial charge in [-0.1, -0.05) is 36.4 Å². The zero-order valence-corrected chi connectivity index (χ0v) is 10.8. The van der Waals surface area contributed by atoms with Crippen LogP contribution in [0.5, 0.6) is 0 Å². The number of halogens is 2. The summed E-state index contributed by atoms with van der Waals surface area (Å²) < 4.78 is 26.7. The molecule has 2 aromatic carbocycles. The highest BCUT2D eigenvalue weighted by atomic mass is 19.2. The van der Waals surface area contributed by atoms with Crippen LogP contribution in [0.1, 0.15) is 22.7 Å². The van der Waals surface area contributed by atoms with Crippen LogP contribution in [0.25, 0.3) is 0 Å². The molecule has 0 fully saturated rings. The highest BCUT2D eigenvalue weighted by Crippen LogP contribution is 2.31. The molecule has 0 aliphatic heterocycles. The Kier molecular flexibility index (Phi) is 3.51. The van der Waals surface area contributed by atoms with Crippen LogP contribution in [0.3, 0.4) is 0 Å². The average molecular weight is 275 g/mol. The number of nitrogens with one attached hydrogen (secondary N) is 1. The Morgan fingerprint density at radius 1 is 1.10 bits per heavy atom. The standard InChI is InChI=1S/C16H15F2NO/c17-13-7-3-5-11(15(13)18)9-19-16-12-6-2-1-4-10(12)8-14(16)20/h1-7,14,16,19-20H,8-9H2/t14-,16+/m0/s1. The van der Waals surface area contributed by atoms with E-state index in [1.165, 1.54) is 6.07 Å². The van der Waals surface area contributed by atoms with E-state index in [0.29, 0.717) is 6.42 Å². The quantitative estimate of drug-likeness (QED) is 0.902. The third kappa shape index (κ3) is 2.32. The summed E-state index contributed by atoms with van der Waals surface area (Å²) in [6, 6.07) is 11.6. The van der Waals surface area contributed by atoms with E-state index in [0.717, 1.165) is 17.2 Å². The van der Waals surface area contributed by atoms with Gasteiger partial charge in [0.15, 0.2) is 11.6 Å². The zero-order valence-electron chi connectivity index (χ0n) is 10.8. The highest BCUT2D eigenvalue weighted by Gasteiger charge is 2.30. The van der Waals surface area contributed by atoms with E-state index in [1.807, 2.05) is 24.3 Å². The summed E-state index contributed by atoms with van der Waals surface area (Å²) in [7, 11) is 0. The van der Waals surface area contributed by atoms with Crippen LogP contribution >= 0.6 is 0 Å². The van der Waals surface area contributed by atoms with Crippen molar-refractivity contribution in [1.29, 1.82) is 0 Å². The molecule has 0 spiro atoms. The lowest BCUT2D eigenvalue weighted by Gasteiger charge is -2.18. The summed E-state index contributed by atoms with van der Waals surface area (Å²) in [5, 5.41) is 13.2. The summed E-state index contributed by atoms with van der Waals surface area (Å²) in [6.07, 6.45) is 0.0449. The van der Waals surface area contributed by atoms with Crippen molar-refractivity contribution in [2.24, 2.45) is 0 Å². The van der Waals surface area contributed by atoms with Crippen molar-refractivity contribution >= 4 is 0 Å². The maximum Gasteiger partial charge on any atom is 0.163 e. The maximum atomic E-state index is 13.6. The van der Waals surface area contributed by atoms with Crippen molar-refractivity contribution in [1.82, 2.24) is 5.32 Å². The van der Waals surface area contributed by atoms with Gasteiger partial charge in [-0.25, -0.2) is 8.78 Å². The Balaban J connectivity index is 1.77. The fraction of sp³-hybridized carbons (Fsp3) is 0.250. The van der Waals surface area contributed by atoms with E-state index in [4.69, 9.17) is 0 Å². The van der Waals surface area contributed by atoms with Crippen LogP contribution in [0, 0.1) is 11.6 Å². The van der Waals surface area contributed by atoms with Gasteiger partial charge in [0.2, 0.25) is 0 Å². The largest absolute Gasteiger partial charge is 0.391 e. The third-order valence-corrected chi connectivity index (χ3v) is 3.75. The summed E-state index contributed by atoms with van der Waals surface area (Å²) in [5.41, 5.74) is 2.38. The number of aliphatic hydroxyl groups is 1. The number of rotatable bonds is 3. The molecule has 0 saturated carbocycles. The second-order valence-corrected chi connectivity index (χ2v) is 5.04. The van der Waals surface area contributed by atoms with Gasteiger partial charge in [-0.15, -0.1) is 0 Å². The molecule has 2 atom stereocenters. The van der Waals surface area contributed by atoms with E-state index in [-0.39, 0.29) is 18.2 Å². The van der Waals surface area contributed by atoms with Crippen LogP contribution in [0.2, 0.25) is 0 Å². The van der Waals surface area contributed by atoms with Crippen LogP contribution in [0.15, 0.2) is 42.5 Å². The van der Waals surface area contributed by atoms with Crippen molar-refractivity contribution in [3.05, 3.63) is 70.8 Å². The van der Waals surface area contributed by atoms with Crippen LogP contribution in [0.4, 0.5) is 8.78 Å². The van der Waals surface area contributed by atoms with Crippen LogP contribution < -0.4 is 5.32 Å². The van der Waals surface area contributed by atoms with Gasteiger partial charge in [-0.2, -0.15) is 0 Å². The lowest BCUT2D eigenvalue weighted by atomic mass is 10.1. The van der Waals surface area contributed by atoms with Gasteiger partial charge in [0, 0.05) is 18.5 Å². The van der Waals surface area contributed by atoms with E-state index < -0.39 is 17.7 Å². The first-order valence-corrected chi connectivity index (χ1v) is 6.59. The molecular formula is C16H15F2NO. The second kappa shape index (κ2) is 5.31. The number of aliphatic hydroxyl groups excluding tert-OH is 1. The first kappa shape index (κ1) is 13.2. The van der Waals surface area contributed by atoms with Gasteiger partial charge in [-0.05, 0) is 17.2 Å². The number of hydrogen-bond donors (Lipinski definition) is 2. The number of hydrogen-bond acceptors (Lipinski definition) is 2. The first-order valence-electron chi connectivity index (χ1n) is 6.59. The molecule has 0 radical (unpaired) electrons. The first-order chi connectivity index (χ1) is 9.66. The molecule has 0 unspecified atom stereocenters. The second-order valence-electron chi connectivity index (χ2n) is 5.04. The van der Waals surface area contributed by atoms with E-state index in [9.17, 15) is 13.9 Å². The predicted octanol–water partition coefficient (Wildman–Crippen LogP) is 2.71. The summed E-state index contributed by atoms with van der Waals surface area (Å²) >= 11 is 0. The smallest absolute Gasteiger partial charge is 0.163 e. The summed E-state index contributed by atoms with van der Waals surface area (Å²) in [6.45, 7) is 0.180. The van der Waals surface area contributed by atoms with Gasteiger partial charge in [0.1, 0.15) is 0 Å². The lowest BCUT2D eigenvalue weighted by Crippen LogP contribution is -2.28. The minimum atomic E-state index is -0.850. The molecule has 104 valence electrons. The zero-order chi connectivity index (χ0) is 14.1. The fourth-order valence-electron chi connectivity index (χ4n) is 2.72. The normalized spacial score (nSPS) is 20.9. The lowest BCUT2D eigenvalue weighted by molar-refractivity contribution is 0.140. The Hall–Kier alpha value is -1.78. The Bertz CT molecular complexity index is 630. The van der Waals surface area contributed by atoms with Gasteiger partial charge < -0.3 is 10.4 Å². The minimum absolute atomic E-state index is 0.180. The van der Waals surface area contributed by atoms with Crippen molar-refractivity contribution in [3.8, 4) is 0 Å². The monoisotopic (exact) mass is 275 g/mol. The van der Waals surface area contributed by atoms with Crippen molar-refractivity contribution in [2.75, 3.05) is 0 Å². The van der Waals surface area contributed by atoms with Crippen molar-refractivity contribution < 1.29 is 13.9 Å². The number of fused-ring (bicyclic) bond motifs is 1. The SMILES string of the molecule is O[C@H]1Cc2ccccc2[C@H]1NCc1cccc(F)c1F. The molecule has 0 amide bonds. The molecule has 20 heavy (non-hydrogen) atoms. The average Bonchev–Trinajstić information content (AvgIpc) is 2.76. The maximum absolute atomic E-state index is 13.6. The number of benzene rings is 2. The van der Waals surface area contributed by atoms with Gasteiger partial charge in [-0.3, -0.25) is 0 Å². The predicted molar refractivity (Wildman–Crippen MR) is 72.1 cm³/mol. The third-order valence-electron chi connectivity index (χ3n) is 3.75. The molecular weight excluding hydrogens is 260 g/mol. The molecule has 4 heteroatoms. The summed E-state index contributed by atoms with van der Waals surface area (Å²) in [4.78, 5) is 0. The Morgan fingerprint density at radius 2 is 1.90 bits per heavy atom. The Labute approximate surface area is 116 Å². The molecule has 2 aromatic rings. The van der Waals surface area contributed by atoms with Crippen molar-refractivity contribution in [3.63, 3.8) is 0 Å². The van der Waals surface area contributed by atoms with Crippen LogP contribution in [-0.2, 0) is 13.0 Å². The molecule has 0 saturated heterocycles. The van der Waals surface area contributed by atoms with E-state index in [1.54, 1.807) is 6.07 Å². The molecule has 0 bridgehead atoms. The van der Waals surface area contributed by atoms with Gasteiger partial charge >= 0.3 is 0 Å². The van der Waals surface area contributed by atoms with Crippen molar-refractivity contribution in [2.45, 2.75) is 25.1 Å². The molecule has 3 rings (SSSR count). The Morgan fingerprint density at radius 3 is 2.75 bits per heavy atom. The molecule has 1 aliphatic rings. The fourth-order valence-corrected chi connectivity index (χ4v) is 2.72. The minimum Gasteiger partial charge on any atom is -0.391 e. The van der Waals surface area contributed by atoms with E-state index in [2.05, 4.69) is 5.32 Å². The summed E-state index contributed by atoms with van der Waals surface area (Å²) in [5.74, 6) is -1.68. The van der Waals surface area contributed by atoms with E-state index >= 15 is 0 Å². The van der Waals surface area contributed by atoms with Gasteiger partial charge in [0.05, 0.1) is 12.1 Å². The molecule has 2 N–H and O–H groups in total. The van der Waals surface area contributed by atoms with Gasteiger partial charge in [0.25, 0.3) is 0 Å². The molecule has 0 heterocycles. The molecule has 1 aliphatic carbocycles. The topological polar surface area (TPSA) is 32.3 Å².